The summed E-state index contributed by atoms with van der Waals surface area (Å²) in [6.45, 7) is 6.72. The first-order valence-corrected chi connectivity index (χ1v) is 9.67. The van der Waals surface area contributed by atoms with Crippen molar-refractivity contribution in [3.05, 3.63) is 58.6 Å². The number of nitrogens with zero attached hydrogens (tertiary/aromatic N) is 1. The van der Waals surface area contributed by atoms with Gasteiger partial charge in [-0.15, -0.1) is 0 Å². The topological polar surface area (TPSA) is 63.7 Å². The number of carbonyl (C=O) groups is 1. The largest absolute Gasteiger partial charge is 0.379 e. The Labute approximate surface area is 153 Å². The second-order valence-electron chi connectivity index (χ2n) is 5.45. The summed E-state index contributed by atoms with van der Waals surface area (Å²) >= 11 is 5.92. The van der Waals surface area contributed by atoms with E-state index in [0.29, 0.717) is 23.7 Å². The van der Waals surface area contributed by atoms with Crippen LogP contribution in [0.4, 0.5) is 0 Å². The van der Waals surface area contributed by atoms with Gasteiger partial charge in [-0.05, 0) is 68.8 Å². The average molecular weight is 382 g/mol. The van der Waals surface area contributed by atoms with Crippen molar-refractivity contribution < 1.29 is 17.4 Å². The van der Waals surface area contributed by atoms with Gasteiger partial charge < -0.3 is 9.08 Å². The second-order valence-corrected chi connectivity index (χ2v) is 7.40. The lowest BCUT2D eigenvalue weighted by atomic mass is 10.2. The molecule has 1 amide bonds. The normalized spacial score (nSPS) is 11.2. The Kier molecular flexibility index (Phi) is 6.08. The van der Waals surface area contributed by atoms with E-state index in [0.717, 1.165) is 5.56 Å². The number of hydrogen-bond acceptors (Lipinski definition) is 4. The molecule has 0 aromatic heterocycles. The molecule has 0 N–H and O–H groups in total. The van der Waals surface area contributed by atoms with Gasteiger partial charge in [0.15, 0.2) is 0 Å². The van der Waals surface area contributed by atoms with E-state index in [1.807, 2.05) is 13.8 Å². The summed E-state index contributed by atoms with van der Waals surface area (Å²) in [5, 5.41) is 0.531. The highest BCUT2D eigenvalue weighted by atomic mass is 35.5. The summed E-state index contributed by atoms with van der Waals surface area (Å²) < 4.78 is 29.9. The number of rotatable bonds is 6. The number of hydrogen-bond donors (Lipinski definition) is 0. The van der Waals surface area contributed by atoms with Gasteiger partial charge in [0.1, 0.15) is 10.6 Å². The third kappa shape index (κ3) is 4.52. The zero-order chi connectivity index (χ0) is 18.6. The van der Waals surface area contributed by atoms with Gasteiger partial charge in [-0.25, -0.2) is 0 Å². The quantitative estimate of drug-likeness (QED) is 0.712. The minimum Gasteiger partial charge on any atom is -0.379 e. The Hall–Kier alpha value is -2.05. The van der Waals surface area contributed by atoms with E-state index in [9.17, 15) is 13.2 Å². The fourth-order valence-corrected chi connectivity index (χ4v) is 3.34. The molecule has 7 heteroatoms. The molecule has 2 rings (SSSR count). The Bertz CT molecular complexity index is 859. The van der Waals surface area contributed by atoms with Gasteiger partial charge in [0.05, 0.1) is 0 Å². The maximum Gasteiger partial charge on any atom is 0.339 e. The summed E-state index contributed by atoms with van der Waals surface area (Å²) in [5.74, 6) is 0.0494. The minimum absolute atomic E-state index is 0.0174. The first kappa shape index (κ1) is 19.3. The molecule has 0 aliphatic carbocycles. The van der Waals surface area contributed by atoms with Crippen molar-refractivity contribution in [3.8, 4) is 5.75 Å². The number of aryl methyl sites for hydroxylation is 1. The molecule has 134 valence electrons. The SMILES string of the molecule is CCN(CC)C(=O)c1ccc(S(=O)(=O)Oc2ccc(Cl)c(C)c2)cc1. The summed E-state index contributed by atoms with van der Waals surface area (Å²) in [5.41, 5.74) is 1.15. The molecule has 0 fully saturated rings. The molecule has 0 unspecified atom stereocenters. The lowest BCUT2D eigenvalue weighted by Gasteiger charge is -2.18. The van der Waals surface area contributed by atoms with Gasteiger partial charge in [0.2, 0.25) is 0 Å². The molecule has 5 nitrogen and oxygen atoms in total. The van der Waals surface area contributed by atoms with Crippen LogP contribution in [-0.4, -0.2) is 32.3 Å². The van der Waals surface area contributed by atoms with Gasteiger partial charge >= 0.3 is 10.1 Å². The third-order valence-corrected chi connectivity index (χ3v) is 5.46. The van der Waals surface area contributed by atoms with E-state index in [1.165, 1.54) is 30.3 Å². The smallest absolute Gasteiger partial charge is 0.339 e. The lowest BCUT2D eigenvalue weighted by Crippen LogP contribution is -2.30. The molecule has 25 heavy (non-hydrogen) atoms. The van der Waals surface area contributed by atoms with Crippen molar-refractivity contribution in [2.75, 3.05) is 13.1 Å². The molecule has 2 aromatic carbocycles. The standard InChI is InChI=1S/C18H20ClNO4S/c1-4-20(5-2)18(21)14-6-9-16(10-7-14)25(22,23)24-15-8-11-17(19)13(3)12-15/h6-12H,4-5H2,1-3H3. The summed E-state index contributed by atoms with van der Waals surface area (Å²) in [6.07, 6.45) is 0. The maximum atomic E-state index is 12.4. The second kappa shape index (κ2) is 7.89. The minimum atomic E-state index is -3.98. The highest BCUT2D eigenvalue weighted by molar-refractivity contribution is 7.87. The molecule has 0 saturated heterocycles. The zero-order valence-electron chi connectivity index (χ0n) is 14.3. The van der Waals surface area contributed by atoms with Crippen molar-refractivity contribution in [2.45, 2.75) is 25.7 Å². The fourth-order valence-electron chi connectivity index (χ4n) is 2.30. The van der Waals surface area contributed by atoms with E-state index in [1.54, 1.807) is 24.0 Å². The van der Waals surface area contributed by atoms with Gasteiger partial charge in [-0.3, -0.25) is 4.79 Å². The lowest BCUT2D eigenvalue weighted by molar-refractivity contribution is 0.0773. The highest BCUT2D eigenvalue weighted by Crippen LogP contribution is 2.24. The first-order valence-electron chi connectivity index (χ1n) is 7.88. The molecular weight excluding hydrogens is 362 g/mol. The van der Waals surface area contributed by atoms with Gasteiger partial charge in [-0.2, -0.15) is 8.42 Å². The molecule has 0 radical (unpaired) electrons. The van der Waals surface area contributed by atoms with Gasteiger partial charge in [-0.1, -0.05) is 11.6 Å². The van der Waals surface area contributed by atoms with Crippen LogP contribution in [0.3, 0.4) is 0 Å². The number of benzene rings is 2. The van der Waals surface area contributed by atoms with E-state index in [4.69, 9.17) is 15.8 Å². The Morgan fingerprint density at radius 2 is 1.68 bits per heavy atom. The summed E-state index contributed by atoms with van der Waals surface area (Å²) in [4.78, 5) is 13.9. The van der Waals surface area contributed by atoms with Crippen LogP contribution in [0.2, 0.25) is 5.02 Å². The average Bonchev–Trinajstić information content (AvgIpc) is 2.59. The van der Waals surface area contributed by atoms with Crippen molar-refractivity contribution in [1.82, 2.24) is 4.90 Å². The molecule has 0 saturated carbocycles. The summed E-state index contributed by atoms with van der Waals surface area (Å²) in [7, 11) is -3.98. The molecule has 0 aliphatic rings. The third-order valence-electron chi connectivity index (χ3n) is 3.78. The Morgan fingerprint density at radius 1 is 1.08 bits per heavy atom. The van der Waals surface area contributed by atoms with Crippen LogP contribution in [0.1, 0.15) is 29.8 Å². The maximum absolute atomic E-state index is 12.4. The molecule has 2 aromatic rings. The van der Waals surface area contributed by atoms with Crippen LogP contribution in [0, 0.1) is 6.92 Å². The first-order chi connectivity index (χ1) is 11.8. The Morgan fingerprint density at radius 3 is 2.20 bits per heavy atom. The van der Waals surface area contributed by atoms with Crippen LogP contribution in [0.15, 0.2) is 47.4 Å². The molecule has 0 heterocycles. The fraction of sp³-hybridized carbons (Fsp3) is 0.278. The van der Waals surface area contributed by atoms with Gasteiger partial charge in [0.25, 0.3) is 5.91 Å². The Balaban J connectivity index is 2.22. The van der Waals surface area contributed by atoms with Crippen molar-refractivity contribution >= 4 is 27.6 Å². The molecule has 0 bridgehead atoms. The van der Waals surface area contributed by atoms with Crippen LogP contribution in [0.25, 0.3) is 0 Å². The van der Waals surface area contributed by atoms with E-state index >= 15 is 0 Å². The van der Waals surface area contributed by atoms with Crippen LogP contribution in [-0.2, 0) is 10.1 Å². The van der Waals surface area contributed by atoms with E-state index < -0.39 is 10.1 Å². The van der Waals surface area contributed by atoms with Crippen molar-refractivity contribution in [1.29, 1.82) is 0 Å². The predicted octanol–water partition coefficient (Wildman–Crippen LogP) is 3.90. The van der Waals surface area contributed by atoms with E-state index in [2.05, 4.69) is 0 Å². The molecule has 0 aliphatic heterocycles. The monoisotopic (exact) mass is 381 g/mol. The number of carbonyl (C=O) groups excluding carboxylic acids is 1. The molecule has 0 spiro atoms. The van der Waals surface area contributed by atoms with Crippen LogP contribution >= 0.6 is 11.6 Å². The predicted molar refractivity (Wildman–Crippen MR) is 97.7 cm³/mol. The number of amides is 1. The van der Waals surface area contributed by atoms with Crippen LogP contribution in [0.5, 0.6) is 5.75 Å². The zero-order valence-corrected chi connectivity index (χ0v) is 15.9. The molecular formula is C18H20ClNO4S. The van der Waals surface area contributed by atoms with E-state index in [-0.39, 0.29) is 16.6 Å². The number of halogens is 1. The highest BCUT2D eigenvalue weighted by Gasteiger charge is 2.19. The molecule has 0 atom stereocenters. The summed E-state index contributed by atoms with van der Waals surface area (Å²) in [6, 6.07) is 10.3. The van der Waals surface area contributed by atoms with Crippen molar-refractivity contribution in [3.63, 3.8) is 0 Å². The van der Waals surface area contributed by atoms with Gasteiger partial charge in [0, 0.05) is 23.7 Å². The van der Waals surface area contributed by atoms with Crippen molar-refractivity contribution in [2.24, 2.45) is 0 Å². The van der Waals surface area contributed by atoms with Crippen LogP contribution < -0.4 is 4.18 Å².